The zero-order valence-electron chi connectivity index (χ0n) is 15.0. The predicted octanol–water partition coefficient (Wildman–Crippen LogP) is 4.23. The van der Waals surface area contributed by atoms with Crippen LogP contribution in [0.2, 0.25) is 0 Å². The van der Waals surface area contributed by atoms with Crippen molar-refractivity contribution in [2.45, 2.75) is 49.8 Å². The molecule has 5 nitrogen and oxygen atoms in total. The quantitative estimate of drug-likeness (QED) is 0.670. The Morgan fingerprint density at radius 1 is 1.28 bits per heavy atom. The third-order valence-corrected chi connectivity index (χ3v) is 5.60. The van der Waals surface area contributed by atoms with Crippen molar-refractivity contribution in [3.8, 4) is 0 Å². The zero-order chi connectivity index (χ0) is 18.6. The maximum absolute atomic E-state index is 12.4. The molecule has 0 spiro atoms. The number of ether oxygens (including phenoxy) is 2. The molecule has 0 aliphatic carbocycles. The van der Waals surface area contributed by atoms with Gasteiger partial charge in [0.2, 0.25) is 0 Å². The fourth-order valence-corrected chi connectivity index (χ4v) is 4.06. The Labute approximate surface area is 161 Å². The minimum absolute atomic E-state index is 0.167. The van der Waals surface area contributed by atoms with Crippen LogP contribution in [0.5, 0.6) is 0 Å². The van der Waals surface area contributed by atoms with Gasteiger partial charge in [-0.2, -0.15) is 11.8 Å². The van der Waals surface area contributed by atoms with Crippen LogP contribution in [-0.4, -0.2) is 47.5 Å². The first-order chi connectivity index (χ1) is 11.7. The van der Waals surface area contributed by atoms with E-state index in [0.29, 0.717) is 13.0 Å². The number of likely N-dealkylation sites (tertiary alicyclic amines) is 1. The van der Waals surface area contributed by atoms with Gasteiger partial charge in [0.1, 0.15) is 11.6 Å². The predicted molar refractivity (Wildman–Crippen MR) is 103 cm³/mol. The zero-order valence-corrected chi connectivity index (χ0v) is 17.4. The van der Waals surface area contributed by atoms with Crippen molar-refractivity contribution in [1.82, 2.24) is 4.90 Å². The van der Waals surface area contributed by atoms with E-state index in [1.807, 2.05) is 32.9 Å². The van der Waals surface area contributed by atoms with Gasteiger partial charge >= 0.3 is 12.1 Å². The standard InChI is InChI=1S/C18H24BrNO4S/c1-18(2,3)24-17(22)20-10-14(9-15(20)16(21)23-4)25-11-12-5-7-13(19)8-6-12/h5-8,14-15H,9-11H2,1-4H3/t14-,15-/m0/s1. The topological polar surface area (TPSA) is 55.8 Å². The lowest BCUT2D eigenvalue weighted by Gasteiger charge is -2.27. The van der Waals surface area contributed by atoms with Crippen LogP contribution >= 0.6 is 27.7 Å². The second-order valence-corrected chi connectivity index (χ2v) is 9.17. The van der Waals surface area contributed by atoms with Crippen LogP contribution in [-0.2, 0) is 20.0 Å². The van der Waals surface area contributed by atoms with Crippen molar-refractivity contribution in [2.24, 2.45) is 0 Å². The first-order valence-corrected chi connectivity index (χ1v) is 9.97. The third-order valence-electron chi connectivity index (χ3n) is 3.76. The highest BCUT2D eigenvalue weighted by Gasteiger charge is 2.42. The number of hydrogen-bond donors (Lipinski definition) is 0. The number of thioether (sulfide) groups is 1. The average molecular weight is 430 g/mol. The summed E-state index contributed by atoms with van der Waals surface area (Å²) in [5.41, 5.74) is 0.610. The van der Waals surface area contributed by atoms with Crippen molar-refractivity contribution < 1.29 is 19.1 Å². The summed E-state index contributed by atoms with van der Waals surface area (Å²) >= 11 is 5.17. The Hall–Kier alpha value is -1.21. The van der Waals surface area contributed by atoms with E-state index in [1.54, 1.807) is 11.8 Å². The van der Waals surface area contributed by atoms with E-state index in [4.69, 9.17) is 9.47 Å². The van der Waals surface area contributed by atoms with Gasteiger partial charge in [-0.1, -0.05) is 28.1 Å². The number of amides is 1. The summed E-state index contributed by atoms with van der Waals surface area (Å²) in [5, 5.41) is 0.167. The van der Waals surface area contributed by atoms with Gasteiger partial charge in [-0.05, 0) is 44.9 Å². The molecule has 1 aliphatic heterocycles. The monoisotopic (exact) mass is 429 g/mol. The second-order valence-electron chi connectivity index (χ2n) is 6.97. The summed E-state index contributed by atoms with van der Waals surface area (Å²) in [7, 11) is 1.35. The van der Waals surface area contributed by atoms with E-state index in [9.17, 15) is 9.59 Å². The van der Waals surface area contributed by atoms with Gasteiger partial charge in [-0.15, -0.1) is 0 Å². The molecular formula is C18H24BrNO4S. The van der Waals surface area contributed by atoms with Gasteiger partial charge in [-0.25, -0.2) is 9.59 Å². The molecule has 1 saturated heterocycles. The summed E-state index contributed by atoms with van der Waals surface area (Å²) in [6, 6.07) is 7.57. The molecule has 0 aromatic heterocycles. The molecule has 2 rings (SSSR count). The lowest BCUT2D eigenvalue weighted by molar-refractivity contribution is -0.145. The SMILES string of the molecule is COC(=O)[C@@H]1C[C@H](SCc2ccc(Br)cc2)CN1C(=O)OC(C)(C)C. The lowest BCUT2D eigenvalue weighted by Crippen LogP contribution is -2.43. The first kappa shape index (κ1) is 20.1. The number of rotatable bonds is 4. The molecule has 1 aliphatic rings. The largest absolute Gasteiger partial charge is 0.467 e. The van der Waals surface area contributed by atoms with E-state index in [2.05, 4.69) is 28.1 Å². The van der Waals surface area contributed by atoms with Crippen LogP contribution in [0.15, 0.2) is 28.7 Å². The van der Waals surface area contributed by atoms with Crippen LogP contribution < -0.4 is 0 Å². The molecule has 0 N–H and O–H groups in total. The maximum Gasteiger partial charge on any atom is 0.411 e. The number of carbonyl (C=O) groups is 2. The number of esters is 1. The van der Waals surface area contributed by atoms with Crippen molar-refractivity contribution >= 4 is 39.8 Å². The number of hydrogen-bond acceptors (Lipinski definition) is 5. The van der Waals surface area contributed by atoms with E-state index in [1.165, 1.54) is 17.6 Å². The fourth-order valence-electron chi connectivity index (χ4n) is 2.59. The normalized spacial score (nSPS) is 20.4. The molecule has 0 unspecified atom stereocenters. The molecule has 2 atom stereocenters. The first-order valence-electron chi connectivity index (χ1n) is 8.13. The Bertz CT molecular complexity index is 614. The lowest BCUT2D eigenvalue weighted by atomic mass is 10.2. The van der Waals surface area contributed by atoms with Crippen molar-refractivity contribution in [3.63, 3.8) is 0 Å². The molecule has 1 aromatic carbocycles. The Kier molecular flexibility index (Phi) is 6.79. The third kappa shape index (κ3) is 5.92. The van der Waals surface area contributed by atoms with Crippen LogP contribution in [0.4, 0.5) is 4.79 Å². The minimum Gasteiger partial charge on any atom is -0.467 e. The molecule has 1 aromatic rings. The molecule has 25 heavy (non-hydrogen) atoms. The molecular weight excluding hydrogens is 406 g/mol. The molecule has 0 saturated carbocycles. The molecule has 7 heteroatoms. The van der Waals surface area contributed by atoms with Crippen LogP contribution in [0.1, 0.15) is 32.8 Å². The van der Waals surface area contributed by atoms with Gasteiger partial charge in [0.25, 0.3) is 0 Å². The van der Waals surface area contributed by atoms with Gasteiger partial charge in [-0.3, -0.25) is 4.90 Å². The molecule has 0 bridgehead atoms. The van der Waals surface area contributed by atoms with Crippen molar-refractivity contribution in [2.75, 3.05) is 13.7 Å². The summed E-state index contributed by atoms with van der Waals surface area (Å²) in [4.78, 5) is 26.0. The van der Waals surface area contributed by atoms with Crippen LogP contribution in [0.3, 0.4) is 0 Å². The van der Waals surface area contributed by atoms with Gasteiger partial charge in [0.05, 0.1) is 7.11 Å². The van der Waals surface area contributed by atoms with E-state index >= 15 is 0 Å². The minimum atomic E-state index is -0.597. The van der Waals surface area contributed by atoms with E-state index in [-0.39, 0.29) is 5.25 Å². The Balaban J connectivity index is 2.00. The number of nitrogens with zero attached hydrogens (tertiary/aromatic N) is 1. The van der Waals surface area contributed by atoms with Gasteiger partial charge < -0.3 is 9.47 Å². The number of benzene rings is 1. The molecule has 1 amide bonds. The van der Waals surface area contributed by atoms with Gasteiger partial charge in [0.15, 0.2) is 0 Å². The Morgan fingerprint density at radius 2 is 1.92 bits per heavy atom. The average Bonchev–Trinajstić information content (AvgIpc) is 2.96. The Morgan fingerprint density at radius 3 is 2.48 bits per heavy atom. The van der Waals surface area contributed by atoms with Crippen LogP contribution in [0, 0.1) is 0 Å². The number of carbonyl (C=O) groups excluding carboxylic acids is 2. The smallest absolute Gasteiger partial charge is 0.411 e. The molecule has 1 fully saturated rings. The number of methoxy groups -OCH3 is 1. The van der Waals surface area contributed by atoms with Crippen molar-refractivity contribution in [3.05, 3.63) is 34.3 Å². The van der Waals surface area contributed by atoms with Crippen LogP contribution in [0.25, 0.3) is 0 Å². The molecule has 1 heterocycles. The summed E-state index contributed by atoms with van der Waals surface area (Å²) in [5.74, 6) is 0.436. The highest BCUT2D eigenvalue weighted by Crippen LogP contribution is 2.31. The second kappa shape index (κ2) is 8.45. The maximum atomic E-state index is 12.4. The highest BCUT2D eigenvalue weighted by molar-refractivity contribution is 9.10. The van der Waals surface area contributed by atoms with Crippen molar-refractivity contribution in [1.29, 1.82) is 0 Å². The van der Waals surface area contributed by atoms with E-state index < -0.39 is 23.7 Å². The molecule has 0 radical (unpaired) electrons. The highest BCUT2D eigenvalue weighted by atomic mass is 79.9. The fraction of sp³-hybridized carbons (Fsp3) is 0.556. The van der Waals surface area contributed by atoms with E-state index in [0.717, 1.165) is 10.2 Å². The summed E-state index contributed by atoms with van der Waals surface area (Å²) in [6.45, 7) is 5.92. The van der Waals surface area contributed by atoms with Gasteiger partial charge in [0, 0.05) is 22.0 Å². The molecule has 138 valence electrons. The summed E-state index contributed by atoms with van der Waals surface area (Å²) in [6.07, 6.45) is 0.113. The summed E-state index contributed by atoms with van der Waals surface area (Å²) < 4.78 is 11.3. The number of halogens is 1.